The Morgan fingerprint density at radius 2 is 1.71 bits per heavy atom. The average molecular weight is 348 g/mol. The fraction of sp³-hybridized carbons (Fsp3) is 0.333. The second kappa shape index (κ2) is 7.10. The molecule has 0 saturated carbocycles. The van der Waals surface area contributed by atoms with Crippen LogP contribution in [0.3, 0.4) is 0 Å². The first kappa shape index (κ1) is 16.1. The van der Waals surface area contributed by atoms with E-state index in [1.54, 1.807) is 0 Å². The van der Waals surface area contributed by atoms with Crippen molar-refractivity contribution in [2.75, 3.05) is 0 Å². The molecule has 0 spiro atoms. The Hall–Kier alpha value is -1.32. The summed E-state index contributed by atoms with van der Waals surface area (Å²) in [6.45, 7) is 6.91. The Bertz CT molecular complexity index is 591. The van der Waals surface area contributed by atoms with Gasteiger partial charge in [0.25, 0.3) is 0 Å². The van der Waals surface area contributed by atoms with E-state index in [1.165, 1.54) is 5.56 Å². The minimum Gasteiger partial charge on any atom is -0.489 e. The summed E-state index contributed by atoms with van der Waals surface area (Å²) in [6, 6.07) is 14.5. The maximum atomic E-state index is 5.99. The number of ether oxygens (including phenoxy) is 1. The van der Waals surface area contributed by atoms with E-state index in [1.807, 2.05) is 25.1 Å². The molecule has 3 heteroatoms. The number of rotatable bonds is 5. The highest BCUT2D eigenvalue weighted by atomic mass is 79.9. The molecular weight excluding hydrogens is 326 g/mol. The maximum absolute atomic E-state index is 5.99. The lowest BCUT2D eigenvalue weighted by Crippen LogP contribution is -2.08. The number of hydrogen-bond donors (Lipinski definition) is 1. The van der Waals surface area contributed by atoms with Gasteiger partial charge < -0.3 is 10.5 Å². The molecule has 0 radical (unpaired) electrons. The summed E-state index contributed by atoms with van der Waals surface area (Å²) in [4.78, 5) is 0. The minimum atomic E-state index is -0.0450. The molecule has 0 saturated heterocycles. The molecule has 0 aromatic heterocycles. The number of halogens is 1. The highest BCUT2D eigenvalue weighted by molar-refractivity contribution is 9.10. The predicted octanol–water partition coefficient (Wildman–Crippen LogP) is 5.17. The van der Waals surface area contributed by atoms with Gasteiger partial charge in [0.1, 0.15) is 12.4 Å². The Labute approximate surface area is 135 Å². The van der Waals surface area contributed by atoms with E-state index >= 15 is 0 Å². The lowest BCUT2D eigenvalue weighted by Gasteiger charge is -2.15. The first-order valence-electron chi connectivity index (χ1n) is 7.24. The van der Waals surface area contributed by atoms with Crippen LogP contribution in [0.2, 0.25) is 0 Å². The third-order valence-electron chi connectivity index (χ3n) is 3.51. The second-order valence-electron chi connectivity index (χ2n) is 5.66. The van der Waals surface area contributed by atoms with E-state index in [4.69, 9.17) is 10.5 Å². The summed E-state index contributed by atoms with van der Waals surface area (Å²) < 4.78 is 6.95. The smallest absolute Gasteiger partial charge is 0.125 e. The zero-order valence-electron chi connectivity index (χ0n) is 12.8. The van der Waals surface area contributed by atoms with Crippen LogP contribution in [0.5, 0.6) is 5.75 Å². The van der Waals surface area contributed by atoms with Crippen LogP contribution in [0.15, 0.2) is 46.9 Å². The fourth-order valence-corrected chi connectivity index (χ4v) is 2.51. The van der Waals surface area contributed by atoms with Gasteiger partial charge in [-0.2, -0.15) is 0 Å². The second-order valence-corrected chi connectivity index (χ2v) is 6.57. The SMILES string of the molecule is CC(C)c1ccc(COc2cc(Br)ccc2[C@H](C)N)cc1. The van der Waals surface area contributed by atoms with E-state index in [0.717, 1.165) is 21.3 Å². The van der Waals surface area contributed by atoms with Gasteiger partial charge in [0.15, 0.2) is 0 Å². The molecule has 0 bridgehead atoms. The van der Waals surface area contributed by atoms with Crippen LogP contribution in [0.4, 0.5) is 0 Å². The predicted molar refractivity (Wildman–Crippen MR) is 91.6 cm³/mol. The van der Waals surface area contributed by atoms with Crippen molar-refractivity contribution >= 4 is 15.9 Å². The molecule has 2 nitrogen and oxygen atoms in total. The Morgan fingerprint density at radius 1 is 1.05 bits per heavy atom. The molecule has 2 rings (SSSR count). The molecule has 0 amide bonds. The number of nitrogens with two attached hydrogens (primary N) is 1. The van der Waals surface area contributed by atoms with Gasteiger partial charge in [-0.15, -0.1) is 0 Å². The van der Waals surface area contributed by atoms with Gasteiger partial charge >= 0.3 is 0 Å². The lowest BCUT2D eigenvalue weighted by molar-refractivity contribution is 0.301. The highest BCUT2D eigenvalue weighted by Gasteiger charge is 2.09. The molecule has 0 aliphatic heterocycles. The normalized spacial score (nSPS) is 12.5. The summed E-state index contributed by atoms with van der Waals surface area (Å²) in [6.07, 6.45) is 0. The zero-order chi connectivity index (χ0) is 15.4. The average Bonchev–Trinajstić information content (AvgIpc) is 2.45. The van der Waals surface area contributed by atoms with Crippen molar-refractivity contribution in [2.24, 2.45) is 5.73 Å². The first-order valence-corrected chi connectivity index (χ1v) is 8.03. The molecule has 21 heavy (non-hydrogen) atoms. The molecule has 2 N–H and O–H groups in total. The van der Waals surface area contributed by atoms with Crippen molar-refractivity contribution in [3.63, 3.8) is 0 Å². The van der Waals surface area contributed by atoms with Crippen molar-refractivity contribution in [1.29, 1.82) is 0 Å². The van der Waals surface area contributed by atoms with Gasteiger partial charge in [-0.3, -0.25) is 0 Å². The van der Waals surface area contributed by atoms with E-state index in [0.29, 0.717) is 12.5 Å². The summed E-state index contributed by atoms with van der Waals surface area (Å²) >= 11 is 3.48. The van der Waals surface area contributed by atoms with Gasteiger partial charge in [0, 0.05) is 16.1 Å². The molecule has 0 unspecified atom stereocenters. The van der Waals surface area contributed by atoms with Crippen LogP contribution in [0, 0.1) is 0 Å². The molecule has 0 aliphatic rings. The maximum Gasteiger partial charge on any atom is 0.125 e. The van der Waals surface area contributed by atoms with Crippen LogP contribution < -0.4 is 10.5 Å². The fourth-order valence-electron chi connectivity index (χ4n) is 2.17. The number of benzene rings is 2. The van der Waals surface area contributed by atoms with E-state index in [9.17, 15) is 0 Å². The van der Waals surface area contributed by atoms with E-state index in [-0.39, 0.29) is 6.04 Å². The highest BCUT2D eigenvalue weighted by Crippen LogP contribution is 2.28. The van der Waals surface area contributed by atoms with Gasteiger partial charge in [-0.05, 0) is 36.1 Å². The van der Waals surface area contributed by atoms with Gasteiger partial charge in [-0.1, -0.05) is 60.1 Å². The molecule has 112 valence electrons. The van der Waals surface area contributed by atoms with Crippen molar-refractivity contribution in [3.8, 4) is 5.75 Å². The minimum absolute atomic E-state index is 0.0450. The molecular formula is C18H22BrNO. The monoisotopic (exact) mass is 347 g/mol. The van der Waals surface area contributed by atoms with E-state index < -0.39 is 0 Å². The molecule has 2 aromatic carbocycles. The third kappa shape index (κ3) is 4.32. The largest absolute Gasteiger partial charge is 0.489 e. The summed E-state index contributed by atoms with van der Waals surface area (Å²) in [5, 5.41) is 0. The summed E-state index contributed by atoms with van der Waals surface area (Å²) in [5.41, 5.74) is 9.52. The third-order valence-corrected chi connectivity index (χ3v) is 4.00. The number of hydrogen-bond acceptors (Lipinski definition) is 2. The van der Waals surface area contributed by atoms with E-state index in [2.05, 4.69) is 54.0 Å². The Balaban J connectivity index is 2.10. The van der Waals surface area contributed by atoms with Crippen molar-refractivity contribution < 1.29 is 4.74 Å². The van der Waals surface area contributed by atoms with Gasteiger partial charge in [0.05, 0.1) is 0 Å². The standard InChI is InChI=1S/C18H22BrNO/c1-12(2)15-6-4-14(5-7-15)11-21-18-10-16(19)8-9-17(18)13(3)20/h4-10,12-13H,11,20H2,1-3H3/t13-/m0/s1. The lowest BCUT2D eigenvalue weighted by atomic mass is 10.0. The van der Waals surface area contributed by atoms with Gasteiger partial charge in [0.2, 0.25) is 0 Å². The van der Waals surface area contributed by atoms with Crippen LogP contribution in [0.25, 0.3) is 0 Å². The van der Waals surface area contributed by atoms with Crippen LogP contribution >= 0.6 is 15.9 Å². The van der Waals surface area contributed by atoms with Crippen LogP contribution in [-0.4, -0.2) is 0 Å². The van der Waals surface area contributed by atoms with Gasteiger partial charge in [-0.25, -0.2) is 0 Å². The molecule has 0 fully saturated rings. The van der Waals surface area contributed by atoms with Crippen molar-refractivity contribution in [3.05, 3.63) is 63.6 Å². The Kier molecular flexibility index (Phi) is 5.43. The quantitative estimate of drug-likeness (QED) is 0.809. The summed E-state index contributed by atoms with van der Waals surface area (Å²) in [7, 11) is 0. The molecule has 0 heterocycles. The zero-order valence-corrected chi connectivity index (χ0v) is 14.4. The topological polar surface area (TPSA) is 35.2 Å². The van der Waals surface area contributed by atoms with Crippen LogP contribution in [0.1, 0.15) is 49.4 Å². The molecule has 1 atom stereocenters. The Morgan fingerprint density at radius 3 is 2.29 bits per heavy atom. The van der Waals surface area contributed by atoms with Crippen molar-refractivity contribution in [1.82, 2.24) is 0 Å². The molecule has 2 aromatic rings. The van der Waals surface area contributed by atoms with Crippen molar-refractivity contribution in [2.45, 2.75) is 39.3 Å². The first-order chi connectivity index (χ1) is 9.97. The molecule has 0 aliphatic carbocycles. The van der Waals surface area contributed by atoms with Crippen LogP contribution in [-0.2, 0) is 6.61 Å². The summed E-state index contributed by atoms with van der Waals surface area (Å²) in [5.74, 6) is 1.39.